The van der Waals surface area contributed by atoms with Crippen LogP contribution in [0, 0.1) is 0 Å². The molecule has 0 bridgehead atoms. The van der Waals surface area contributed by atoms with Gasteiger partial charge < -0.3 is 0 Å². The zero-order chi connectivity index (χ0) is 28.0. The maximum absolute atomic E-state index is 13.7. The Morgan fingerprint density at radius 2 is 1.23 bits per heavy atom. The second kappa shape index (κ2) is 8.85. The summed E-state index contributed by atoms with van der Waals surface area (Å²) in [7, 11) is 0. The number of pyridine rings is 1. The Hall–Kier alpha value is -3.81. The molecule has 2 aliphatic rings. The van der Waals surface area contributed by atoms with E-state index in [4.69, 9.17) is 46.4 Å². The maximum Gasteiger partial charge on any atom is 0.267 e. The maximum atomic E-state index is 13.7. The molecule has 2 amide bonds. The van der Waals surface area contributed by atoms with Crippen LogP contribution < -0.4 is 4.90 Å². The highest BCUT2D eigenvalue weighted by atomic mass is 35.5. The van der Waals surface area contributed by atoms with E-state index in [1.165, 1.54) is 6.07 Å². The van der Waals surface area contributed by atoms with E-state index >= 15 is 0 Å². The molecule has 1 aliphatic carbocycles. The Balaban J connectivity index is 1.38. The first-order chi connectivity index (χ1) is 19.2. The highest BCUT2D eigenvalue weighted by molar-refractivity contribution is 6.56. The number of nitrogens with zero attached hydrogens (tertiary/aromatic N) is 2. The van der Waals surface area contributed by atoms with Crippen molar-refractivity contribution in [1.29, 1.82) is 0 Å². The van der Waals surface area contributed by atoms with Crippen LogP contribution in [0.2, 0.25) is 20.1 Å². The van der Waals surface area contributed by atoms with Crippen molar-refractivity contribution in [1.82, 2.24) is 4.98 Å². The van der Waals surface area contributed by atoms with Gasteiger partial charge in [0.2, 0.25) is 0 Å². The van der Waals surface area contributed by atoms with Crippen LogP contribution in [0.25, 0.3) is 21.7 Å². The minimum atomic E-state index is -1.16. The number of rotatable bonds is 2. The summed E-state index contributed by atoms with van der Waals surface area (Å²) in [5.41, 5.74) is 0.939. The lowest BCUT2D eigenvalue weighted by Gasteiger charge is -2.17. The van der Waals surface area contributed by atoms with Crippen molar-refractivity contribution in [2.45, 2.75) is 5.92 Å². The molecule has 40 heavy (non-hydrogen) atoms. The molecule has 4 aromatic carbocycles. The number of imide groups is 1. The van der Waals surface area contributed by atoms with E-state index in [2.05, 4.69) is 4.98 Å². The number of aromatic nitrogens is 1. The Morgan fingerprint density at radius 3 is 1.93 bits per heavy atom. The van der Waals surface area contributed by atoms with Crippen molar-refractivity contribution in [3.05, 3.63) is 115 Å². The summed E-state index contributed by atoms with van der Waals surface area (Å²) in [5.74, 6) is -3.39. The number of fused-ring (bicyclic) bond motifs is 5. The van der Waals surface area contributed by atoms with Gasteiger partial charge >= 0.3 is 0 Å². The topological polar surface area (TPSA) is 84.4 Å². The molecule has 0 fully saturated rings. The molecule has 0 N–H and O–H groups in total. The molecule has 6 nitrogen and oxygen atoms in total. The summed E-state index contributed by atoms with van der Waals surface area (Å²) in [6, 6.07) is 19.1. The number of amides is 2. The van der Waals surface area contributed by atoms with Gasteiger partial charge in [-0.2, -0.15) is 0 Å². The lowest BCUT2D eigenvalue weighted by atomic mass is 9.97. The highest BCUT2D eigenvalue weighted by Gasteiger charge is 2.44. The molecule has 5 aromatic rings. The predicted molar refractivity (Wildman–Crippen MR) is 155 cm³/mol. The molecule has 1 aromatic heterocycles. The third-order valence-corrected chi connectivity index (χ3v) is 9.13. The first-order valence-electron chi connectivity index (χ1n) is 11.9. The fourth-order valence-corrected chi connectivity index (χ4v) is 6.50. The summed E-state index contributed by atoms with van der Waals surface area (Å²) >= 11 is 24.9. The van der Waals surface area contributed by atoms with Crippen LogP contribution in [-0.2, 0) is 0 Å². The molecule has 1 atom stereocenters. The highest BCUT2D eigenvalue weighted by Crippen LogP contribution is 2.46. The van der Waals surface area contributed by atoms with Gasteiger partial charge in [0.25, 0.3) is 11.8 Å². The minimum Gasteiger partial charge on any atom is -0.293 e. The second-order valence-corrected chi connectivity index (χ2v) is 10.9. The van der Waals surface area contributed by atoms with Gasteiger partial charge in [-0.1, -0.05) is 94.9 Å². The third-order valence-electron chi connectivity index (χ3n) is 7.32. The zero-order valence-electron chi connectivity index (χ0n) is 20.0. The predicted octanol–water partition coefficient (Wildman–Crippen LogP) is 7.97. The van der Waals surface area contributed by atoms with Gasteiger partial charge in [0.15, 0.2) is 11.6 Å². The van der Waals surface area contributed by atoms with Crippen LogP contribution >= 0.6 is 46.4 Å². The van der Waals surface area contributed by atoms with E-state index in [1.807, 2.05) is 30.3 Å². The van der Waals surface area contributed by atoms with Gasteiger partial charge in [-0.25, -0.2) is 9.88 Å². The molecule has 0 radical (unpaired) electrons. The standard InChI is InChI=1S/C30H12Cl4N2O4/c31-22-20-21(23(32)25(34)24(22)33)30(40)36(29(20)39)17-7-3-5-13-9-11-16(35-26(13)17)19-27(37)15-10-8-12-4-1-2-6-14(12)18(15)28(19)38/h1-11,19H. The van der Waals surface area contributed by atoms with Gasteiger partial charge in [0, 0.05) is 16.5 Å². The van der Waals surface area contributed by atoms with Gasteiger partial charge in [0.05, 0.1) is 48.1 Å². The smallest absolute Gasteiger partial charge is 0.267 e. The average molecular weight is 606 g/mol. The molecule has 1 aliphatic heterocycles. The number of Topliss-reactive ketones (excluding diaryl/α,β-unsaturated/α-hetero) is 2. The van der Waals surface area contributed by atoms with E-state index in [0.717, 1.165) is 10.3 Å². The molecule has 0 saturated heterocycles. The van der Waals surface area contributed by atoms with E-state index in [9.17, 15) is 19.2 Å². The molecular formula is C30H12Cl4N2O4. The van der Waals surface area contributed by atoms with E-state index in [-0.39, 0.29) is 59.7 Å². The molecule has 0 spiro atoms. The number of ketones is 2. The molecule has 1 unspecified atom stereocenters. The third kappa shape index (κ3) is 3.28. The molecule has 10 heteroatoms. The number of hydrogen-bond acceptors (Lipinski definition) is 5. The molecular weight excluding hydrogens is 594 g/mol. The largest absolute Gasteiger partial charge is 0.293 e. The van der Waals surface area contributed by atoms with Crippen LogP contribution in [0.1, 0.15) is 53.0 Å². The normalized spacial score (nSPS) is 16.4. The summed E-state index contributed by atoms with van der Waals surface area (Å²) in [6.45, 7) is 0. The number of carbonyl (C=O) groups excluding carboxylic acids is 4. The van der Waals surface area contributed by atoms with E-state index in [0.29, 0.717) is 21.9 Å². The minimum absolute atomic E-state index is 0.130. The van der Waals surface area contributed by atoms with Crippen molar-refractivity contribution >= 4 is 97.1 Å². The first kappa shape index (κ1) is 25.2. The molecule has 2 heterocycles. The quantitative estimate of drug-likeness (QED) is 0.0882. The number of carbonyl (C=O) groups is 4. The van der Waals surface area contributed by atoms with Crippen LogP contribution in [0.15, 0.2) is 66.7 Å². The van der Waals surface area contributed by atoms with Gasteiger partial charge in [-0.3, -0.25) is 19.2 Å². The van der Waals surface area contributed by atoms with Crippen LogP contribution in [0.3, 0.4) is 0 Å². The van der Waals surface area contributed by atoms with Crippen LogP contribution in [0.5, 0.6) is 0 Å². The number of anilines is 1. The first-order valence-corrected chi connectivity index (χ1v) is 13.5. The van der Waals surface area contributed by atoms with Crippen LogP contribution in [0.4, 0.5) is 5.69 Å². The summed E-state index contributed by atoms with van der Waals surface area (Å²) in [5, 5.41) is 1.46. The Labute approximate surface area is 246 Å². The molecule has 7 rings (SSSR count). The summed E-state index contributed by atoms with van der Waals surface area (Å²) in [4.78, 5) is 59.8. The SMILES string of the molecule is O=C1c2ccc3ccccc3c2C(=O)C1c1ccc2cccc(N3C(=O)c4c(Cl)c(Cl)c(Cl)c(Cl)c4C3=O)c2n1. The monoisotopic (exact) mass is 604 g/mol. The fraction of sp³-hybridized carbons (Fsp3) is 0.0333. The molecule has 194 valence electrons. The Bertz CT molecular complexity index is 2010. The number of hydrogen-bond donors (Lipinski definition) is 0. The fourth-order valence-electron chi connectivity index (χ4n) is 5.49. The van der Waals surface area contributed by atoms with Crippen molar-refractivity contribution < 1.29 is 19.2 Å². The van der Waals surface area contributed by atoms with Crippen molar-refractivity contribution in [3.8, 4) is 0 Å². The molecule has 0 saturated carbocycles. The van der Waals surface area contributed by atoms with Gasteiger partial charge in [-0.05, 0) is 29.0 Å². The van der Waals surface area contributed by atoms with Gasteiger partial charge in [-0.15, -0.1) is 0 Å². The van der Waals surface area contributed by atoms with Crippen LogP contribution in [-0.4, -0.2) is 28.4 Å². The zero-order valence-corrected chi connectivity index (χ0v) is 23.0. The summed E-state index contributed by atoms with van der Waals surface area (Å²) < 4.78 is 0. The average Bonchev–Trinajstić information content (AvgIpc) is 3.38. The number of benzene rings is 4. The lowest BCUT2D eigenvalue weighted by Crippen LogP contribution is -2.30. The lowest BCUT2D eigenvalue weighted by molar-refractivity contribution is 0.0882. The van der Waals surface area contributed by atoms with E-state index in [1.54, 1.807) is 30.3 Å². The van der Waals surface area contributed by atoms with E-state index < -0.39 is 17.7 Å². The number of halogens is 4. The van der Waals surface area contributed by atoms with Crippen molar-refractivity contribution in [2.24, 2.45) is 0 Å². The Morgan fingerprint density at radius 1 is 0.600 bits per heavy atom. The van der Waals surface area contributed by atoms with Gasteiger partial charge in [0.1, 0.15) is 5.92 Å². The summed E-state index contributed by atoms with van der Waals surface area (Å²) in [6.07, 6.45) is 0. The number of para-hydroxylation sites is 1. The van der Waals surface area contributed by atoms with Crippen molar-refractivity contribution in [3.63, 3.8) is 0 Å². The Kier molecular flexibility index (Phi) is 5.57. The van der Waals surface area contributed by atoms with Crippen molar-refractivity contribution in [2.75, 3.05) is 4.90 Å². The second-order valence-electron chi connectivity index (χ2n) is 9.41.